The SMILES string of the molecule is Cc1ccc(C)c(N(CC(=O)N(Cc2ccc(Cl)c(Cl)c2)C(Cc2ccccc2)C(=O)NC2CCCC2)S(=O)(=O)c2ccccc2)c1. The van der Waals surface area contributed by atoms with Gasteiger partial charge in [0.2, 0.25) is 11.8 Å². The standard InChI is InChI=1S/C37H39Cl2N3O4S/c1-26-17-18-27(2)34(21-26)42(47(45,46)31-15-7-4-8-16-31)25-36(43)41(24-29-19-20-32(38)33(39)22-29)35(23-28-11-5-3-6-12-28)37(44)40-30-13-9-10-14-30/h3-8,11-12,15-22,30,35H,9-10,13-14,23-25H2,1-2H3,(H,40,44). The molecule has 246 valence electrons. The smallest absolute Gasteiger partial charge is 0.264 e. The normalized spacial score (nSPS) is 14.0. The molecule has 1 aliphatic rings. The molecule has 1 saturated carbocycles. The van der Waals surface area contributed by atoms with Crippen LogP contribution in [0.5, 0.6) is 0 Å². The van der Waals surface area contributed by atoms with Gasteiger partial charge >= 0.3 is 0 Å². The summed E-state index contributed by atoms with van der Waals surface area (Å²) >= 11 is 12.6. The van der Waals surface area contributed by atoms with E-state index in [-0.39, 0.29) is 29.8 Å². The number of carbonyl (C=O) groups is 2. The maximum atomic E-state index is 14.7. The number of amides is 2. The average Bonchev–Trinajstić information content (AvgIpc) is 3.58. The largest absolute Gasteiger partial charge is 0.352 e. The first-order chi connectivity index (χ1) is 22.5. The molecule has 0 aliphatic heterocycles. The molecule has 5 rings (SSSR count). The van der Waals surface area contributed by atoms with Crippen molar-refractivity contribution in [1.29, 1.82) is 0 Å². The van der Waals surface area contributed by atoms with Crippen molar-refractivity contribution in [3.8, 4) is 0 Å². The first-order valence-electron chi connectivity index (χ1n) is 15.8. The van der Waals surface area contributed by atoms with Crippen LogP contribution in [0.25, 0.3) is 0 Å². The first-order valence-corrected chi connectivity index (χ1v) is 18.0. The van der Waals surface area contributed by atoms with Crippen LogP contribution in [-0.2, 0) is 32.6 Å². The van der Waals surface area contributed by atoms with Crippen molar-refractivity contribution in [2.45, 2.75) is 69.5 Å². The Morgan fingerprint density at radius 3 is 2.15 bits per heavy atom. The summed E-state index contributed by atoms with van der Waals surface area (Å²) in [6.07, 6.45) is 4.05. The van der Waals surface area contributed by atoms with Crippen LogP contribution in [0.15, 0.2) is 102 Å². The van der Waals surface area contributed by atoms with Crippen molar-refractivity contribution in [1.82, 2.24) is 10.2 Å². The highest BCUT2D eigenvalue weighted by atomic mass is 35.5. The summed E-state index contributed by atoms with van der Waals surface area (Å²) < 4.78 is 29.7. The van der Waals surface area contributed by atoms with Crippen molar-refractivity contribution in [3.05, 3.63) is 129 Å². The molecule has 2 amide bonds. The molecule has 0 spiro atoms. The van der Waals surface area contributed by atoms with E-state index in [1.54, 1.807) is 42.5 Å². The summed E-state index contributed by atoms with van der Waals surface area (Å²) in [5.74, 6) is -0.808. The van der Waals surface area contributed by atoms with E-state index >= 15 is 0 Å². The monoisotopic (exact) mass is 691 g/mol. The molecule has 0 radical (unpaired) electrons. The fourth-order valence-electron chi connectivity index (χ4n) is 5.98. The molecule has 0 heterocycles. The third-order valence-corrected chi connectivity index (χ3v) is 11.1. The molecule has 1 unspecified atom stereocenters. The van der Waals surface area contributed by atoms with Gasteiger partial charge in [0.15, 0.2) is 0 Å². The maximum Gasteiger partial charge on any atom is 0.264 e. The first kappa shape index (κ1) is 34.5. The molecular formula is C37H39Cl2N3O4S. The molecule has 47 heavy (non-hydrogen) atoms. The van der Waals surface area contributed by atoms with E-state index in [4.69, 9.17) is 23.2 Å². The molecule has 4 aromatic carbocycles. The Balaban J connectivity index is 1.60. The number of halogens is 2. The van der Waals surface area contributed by atoms with Gasteiger partial charge in [-0.3, -0.25) is 13.9 Å². The van der Waals surface area contributed by atoms with Crippen molar-refractivity contribution in [2.24, 2.45) is 0 Å². The Bertz CT molecular complexity index is 1810. The Morgan fingerprint density at radius 2 is 1.49 bits per heavy atom. The summed E-state index contributed by atoms with van der Waals surface area (Å²) in [5.41, 5.74) is 3.46. The Kier molecular flexibility index (Phi) is 11.3. The van der Waals surface area contributed by atoms with Gasteiger partial charge in [-0.1, -0.05) is 103 Å². The van der Waals surface area contributed by atoms with Crippen molar-refractivity contribution in [2.75, 3.05) is 10.8 Å². The second-order valence-electron chi connectivity index (χ2n) is 12.1. The number of benzene rings is 4. The zero-order valence-corrected chi connectivity index (χ0v) is 28.9. The molecule has 0 saturated heterocycles. The van der Waals surface area contributed by atoms with Crippen LogP contribution >= 0.6 is 23.2 Å². The summed E-state index contributed by atoms with van der Waals surface area (Å²) in [4.78, 5) is 30.4. The fourth-order valence-corrected chi connectivity index (χ4v) is 7.79. The van der Waals surface area contributed by atoms with Crippen molar-refractivity contribution >= 4 is 50.7 Å². The Hall–Kier alpha value is -3.85. The van der Waals surface area contributed by atoms with Gasteiger partial charge in [-0.05, 0) is 79.3 Å². The Morgan fingerprint density at radius 1 is 0.830 bits per heavy atom. The highest BCUT2D eigenvalue weighted by Gasteiger charge is 2.36. The summed E-state index contributed by atoms with van der Waals surface area (Å²) in [5, 5.41) is 3.87. The van der Waals surface area contributed by atoms with E-state index in [0.717, 1.165) is 41.1 Å². The summed E-state index contributed by atoms with van der Waals surface area (Å²) in [6, 6.07) is 27.2. The minimum atomic E-state index is -4.18. The number of sulfonamides is 1. The number of rotatable bonds is 12. The fraction of sp³-hybridized carbons (Fsp3) is 0.297. The highest BCUT2D eigenvalue weighted by Crippen LogP contribution is 2.30. The third kappa shape index (κ3) is 8.55. The number of nitrogens with one attached hydrogen (secondary N) is 1. The van der Waals surface area contributed by atoms with Crippen LogP contribution < -0.4 is 9.62 Å². The number of nitrogens with zero attached hydrogens (tertiary/aromatic N) is 2. The lowest BCUT2D eigenvalue weighted by molar-refractivity contribution is -0.140. The van der Waals surface area contributed by atoms with Gasteiger partial charge in [0, 0.05) is 19.0 Å². The predicted molar refractivity (Wildman–Crippen MR) is 188 cm³/mol. The van der Waals surface area contributed by atoms with Crippen LogP contribution in [0.4, 0.5) is 5.69 Å². The summed E-state index contributed by atoms with van der Waals surface area (Å²) in [6.45, 7) is 3.17. The van der Waals surface area contributed by atoms with Crippen LogP contribution in [0, 0.1) is 13.8 Å². The maximum absolute atomic E-state index is 14.7. The average molecular weight is 693 g/mol. The molecule has 0 aromatic heterocycles. The van der Waals surface area contributed by atoms with Gasteiger partial charge in [0.05, 0.1) is 20.6 Å². The van der Waals surface area contributed by atoms with E-state index in [0.29, 0.717) is 26.9 Å². The Labute approximate surface area is 287 Å². The van der Waals surface area contributed by atoms with Gasteiger partial charge < -0.3 is 10.2 Å². The van der Waals surface area contributed by atoms with Crippen molar-refractivity contribution in [3.63, 3.8) is 0 Å². The van der Waals surface area contributed by atoms with Crippen LogP contribution in [0.1, 0.15) is 47.9 Å². The van der Waals surface area contributed by atoms with Crippen LogP contribution in [-0.4, -0.2) is 43.8 Å². The van der Waals surface area contributed by atoms with Gasteiger partial charge in [0.25, 0.3) is 10.0 Å². The van der Waals surface area contributed by atoms with Crippen LogP contribution in [0.2, 0.25) is 10.0 Å². The second-order valence-corrected chi connectivity index (χ2v) is 14.8. The molecular weight excluding hydrogens is 653 g/mol. The van der Waals surface area contributed by atoms with Gasteiger partial charge in [-0.15, -0.1) is 0 Å². The van der Waals surface area contributed by atoms with Gasteiger partial charge in [0.1, 0.15) is 12.6 Å². The topological polar surface area (TPSA) is 86.8 Å². The number of hydrogen-bond acceptors (Lipinski definition) is 4. The number of carbonyl (C=O) groups excluding carboxylic acids is 2. The minimum Gasteiger partial charge on any atom is -0.352 e. The lowest BCUT2D eigenvalue weighted by Gasteiger charge is -2.34. The lowest BCUT2D eigenvalue weighted by Crippen LogP contribution is -2.54. The number of anilines is 1. The molecule has 7 nitrogen and oxygen atoms in total. The van der Waals surface area contributed by atoms with E-state index in [9.17, 15) is 18.0 Å². The summed E-state index contributed by atoms with van der Waals surface area (Å²) in [7, 11) is -4.18. The van der Waals surface area contributed by atoms with Crippen LogP contribution in [0.3, 0.4) is 0 Å². The predicted octanol–water partition coefficient (Wildman–Crippen LogP) is 7.50. The van der Waals surface area contributed by atoms with E-state index in [2.05, 4.69) is 5.32 Å². The quantitative estimate of drug-likeness (QED) is 0.167. The molecule has 1 atom stereocenters. The molecule has 1 N–H and O–H groups in total. The molecule has 1 aliphatic carbocycles. The van der Waals surface area contributed by atoms with E-state index in [1.165, 1.54) is 17.0 Å². The van der Waals surface area contributed by atoms with E-state index in [1.807, 2.05) is 56.3 Å². The minimum absolute atomic E-state index is 0.0112. The number of aryl methyl sites for hydroxylation is 2. The van der Waals surface area contributed by atoms with Gasteiger partial charge in [-0.2, -0.15) is 0 Å². The number of hydrogen-bond donors (Lipinski definition) is 1. The zero-order valence-electron chi connectivity index (χ0n) is 26.5. The third-order valence-electron chi connectivity index (χ3n) is 8.55. The molecule has 4 aromatic rings. The molecule has 1 fully saturated rings. The molecule has 0 bridgehead atoms. The molecule has 10 heteroatoms. The van der Waals surface area contributed by atoms with E-state index < -0.39 is 28.5 Å². The lowest BCUT2D eigenvalue weighted by atomic mass is 10.0. The zero-order chi connectivity index (χ0) is 33.6. The van der Waals surface area contributed by atoms with Gasteiger partial charge in [-0.25, -0.2) is 8.42 Å². The second kappa shape index (κ2) is 15.4. The highest BCUT2D eigenvalue weighted by molar-refractivity contribution is 7.92. The van der Waals surface area contributed by atoms with Crippen molar-refractivity contribution < 1.29 is 18.0 Å².